The summed E-state index contributed by atoms with van der Waals surface area (Å²) in [7, 11) is 0. The molecule has 4 rings (SSSR count). The molecular formula is C21H20Cl2N2O. The van der Waals surface area contributed by atoms with Crippen LogP contribution in [0.1, 0.15) is 28.9 Å². The molecule has 3 nitrogen and oxygen atoms in total. The molecule has 0 saturated carbocycles. The third-order valence-electron chi connectivity index (χ3n) is 5.18. The van der Waals surface area contributed by atoms with Crippen LogP contribution in [0.4, 0.5) is 0 Å². The van der Waals surface area contributed by atoms with Crippen LogP contribution in [0, 0.1) is 6.92 Å². The van der Waals surface area contributed by atoms with Gasteiger partial charge in [-0.15, -0.1) is 0 Å². The third-order valence-corrected chi connectivity index (χ3v) is 5.81. The van der Waals surface area contributed by atoms with Crippen molar-refractivity contribution in [2.45, 2.75) is 26.2 Å². The van der Waals surface area contributed by atoms with Crippen LogP contribution in [0.15, 0.2) is 35.9 Å². The molecule has 1 aromatic heterocycles. The Bertz CT molecular complexity index is 920. The number of halogens is 2. The molecule has 1 aliphatic carbocycles. The molecule has 0 atom stereocenters. The molecule has 0 saturated heterocycles. The first kappa shape index (κ1) is 17.7. The van der Waals surface area contributed by atoms with Crippen LogP contribution >= 0.6 is 23.2 Å². The second-order valence-electron chi connectivity index (χ2n) is 7.11. The highest BCUT2D eigenvalue weighted by Gasteiger charge is 2.27. The summed E-state index contributed by atoms with van der Waals surface area (Å²) in [5.41, 5.74) is 7.08. The summed E-state index contributed by atoms with van der Waals surface area (Å²) in [6, 6.07) is 9.81. The first-order valence-electron chi connectivity index (χ1n) is 8.85. The number of benzene rings is 1. The van der Waals surface area contributed by atoms with Crippen LogP contribution in [0.2, 0.25) is 10.0 Å². The number of carbonyl (C=O) groups is 1. The third kappa shape index (κ3) is 3.57. The number of aromatic nitrogens is 1. The molecular weight excluding hydrogens is 367 g/mol. The van der Waals surface area contributed by atoms with Crippen molar-refractivity contribution in [3.8, 4) is 0 Å². The van der Waals surface area contributed by atoms with Crippen LogP contribution < -0.4 is 0 Å². The molecule has 2 heterocycles. The van der Waals surface area contributed by atoms with Crippen molar-refractivity contribution in [2.75, 3.05) is 19.6 Å². The minimum Gasteiger partial charge on any atom is -0.298 e. The highest BCUT2D eigenvalue weighted by atomic mass is 35.5. The van der Waals surface area contributed by atoms with Gasteiger partial charge in [-0.3, -0.25) is 14.7 Å². The SMILES string of the molecule is Cc1nc(CC(=O)CN2CCC3=C(Cc4ccc(Cl)cc43)C2)ccc1Cl. The Morgan fingerprint density at radius 3 is 2.88 bits per heavy atom. The first-order valence-corrected chi connectivity index (χ1v) is 9.61. The molecule has 0 N–H and O–H groups in total. The van der Waals surface area contributed by atoms with E-state index in [-0.39, 0.29) is 5.78 Å². The van der Waals surface area contributed by atoms with Crippen LogP contribution in [0.5, 0.6) is 0 Å². The number of fused-ring (bicyclic) bond motifs is 2. The summed E-state index contributed by atoms with van der Waals surface area (Å²) in [4.78, 5) is 19.1. The van der Waals surface area contributed by atoms with E-state index in [1.54, 1.807) is 0 Å². The molecule has 0 radical (unpaired) electrons. The largest absolute Gasteiger partial charge is 0.298 e. The zero-order valence-electron chi connectivity index (χ0n) is 14.7. The van der Waals surface area contributed by atoms with E-state index in [0.29, 0.717) is 18.0 Å². The number of Topliss-reactive ketones (excluding diaryl/α,β-unsaturated/α-hetero) is 1. The van der Waals surface area contributed by atoms with E-state index in [1.165, 1.54) is 22.3 Å². The van der Waals surface area contributed by atoms with Gasteiger partial charge in [-0.2, -0.15) is 0 Å². The molecule has 134 valence electrons. The zero-order valence-corrected chi connectivity index (χ0v) is 16.2. The number of hydrogen-bond acceptors (Lipinski definition) is 3. The molecule has 0 unspecified atom stereocenters. The van der Waals surface area contributed by atoms with E-state index >= 15 is 0 Å². The van der Waals surface area contributed by atoms with Crippen molar-refractivity contribution in [1.82, 2.24) is 9.88 Å². The van der Waals surface area contributed by atoms with E-state index in [0.717, 1.165) is 42.3 Å². The Kier molecular flexibility index (Phi) is 4.87. The predicted octanol–water partition coefficient (Wildman–Crippen LogP) is 4.52. The van der Waals surface area contributed by atoms with Gasteiger partial charge in [0.2, 0.25) is 0 Å². The van der Waals surface area contributed by atoms with Crippen molar-refractivity contribution in [3.63, 3.8) is 0 Å². The number of carbonyl (C=O) groups excluding carboxylic acids is 1. The highest BCUT2D eigenvalue weighted by Crippen LogP contribution is 2.39. The maximum absolute atomic E-state index is 12.5. The number of nitrogens with zero attached hydrogens (tertiary/aromatic N) is 2. The lowest BCUT2D eigenvalue weighted by Gasteiger charge is -2.28. The standard InChI is InChI=1S/C21H20Cl2N2O/c1-13-21(23)5-4-17(24-13)10-18(26)12-25-7-6-19-15(11-25)8-14-2-3-16(22)9-20(14)19/h2-5,9H,6-8,10-12H2,1H3. The summed E-state index contributed by atoms with van der Waals surface area (Å²) in [5, 5.41) is 1.43. The van der Waals surface area contributed by atoms with Gasteiger partial charge in [0, 0.05) is 23.8 Å². The van der Waals surface area contributed by atoms with E-state index < -0.39 is 0 Å². The van der Waals surface area contributed by atoms with E-state index in [9.17, 15) is 4.79 Å². The summed E-state index contributed by atoms with van der Waals surface area (Å²) in [6.45, 7) is 4.10. The molecule has 0 bridgehead atoms. The molecule has 1 aliphatic heterocycles. The molecule has 0 fully saturated rings. The molecule has 2 aliphatic rings. The lowest BCUT2D eigenvalue weighted by molar-refractivity contribution is -0.119. The maximum Gasteiger partial charge on any atom is 0.152 e. The number of pyridine rings is 1. The topological polar surface area (TPSA) is 33.2 Å². The minimum atomic E-state index is 0.196. The molecule has 1 aromatic carbocycles. The van der Waals surface area contributed by atoms with Gasteiger partial charge >= 0.3 is 0 Å². The van der Waals surface area contributed by atoms with Crippen molar-refractivity contribution in [1.29, 1.82) is 0 Å². The van der Waals surface area contributed by atoms with Crippen molar-refractivity contribution in [3.05, 3.63) is 68.5 Å². The average Bonchev–Trinajstić information content (AvgIpc) is 2.95. The summed E-state index contributed by atoms with van der Waals surface area (Å²) < 4.78 is 0. The monoisotopic (exact) mass is 386 g/mol. The Hall–Kier alpha value is -1.68. The Labute approximate surface area is 163 Å². The van der Waals surface area contributed by atoms with Gasteiger partial charge in [0.25, 0.3) is 0 Å². The minimum absolute atomic E-state index is 0.196. The lowest BCUT2D eigenvalue weighted by atomic mass is 9.99. The summed E-state index contributed by atoms with van der Waals surface area (Å²) in [5.74, 6) is 0.196. The smallest absolute Gasteiger partial charge is 0.152 e. The number of rotatable bonds is 4. The Balaban J connectivity index is 1.40. The van der Waals surface area contributed by atoms with E-state index in [2.05, 4.69) is 22.0 Å². The second kappa shape index (κ2) is 7.15. The van der Waals surface area contributed by atoms with Crippen LogP contribution in [0.25, 0.3) is 5.57 Å². The number of ketones is 1. The van der Waals surface area contributed by atoms with Crippen LogP contribution in [-0.4, -0.2) is 35.3 Å². The molecule has 0 amide bonds. The molecule has 2 aromatic rings. The quantitative estimate of drug-likeness (QED) is 0.773. The van der Waals surface area contributed by atoms with Gasteiger partial charge in [0.05, 0.1) is 23.7 Å². The van der Waals surface area contributed by atoms with Crippen LogP contribution in [-0.2, 0) is 17.6 Å². The van der Waals surface area contributed by atoms with Gasteiger partial charge in [0.15, 0.2) is 5.78 Å². The average molecular weight is 387 g/mol. The predicted molar refractivity (Wildman–Crippen MR) is 106 cm³/mol. The van der Waals surface area contributed by atoms with Gasteiger partial charge < -0.3 is 0 Å². The van der Waals surface area contributed by atoms with E-state index in [4.69, 9.17) is 23.2 Å². The fourth-order valence-electron chi connectivity index (χ4n) is 3.93. The summed E-state index contributed by atoms with van der Waals surface area (Å²) >= 11 is 12.2. The van der Waals surface area contributed by atoms with Crippen molar-refractivity contribution < 1.29 is 4.79 Å². The molecule has 5 heteroatoms. The van der Waals surface area contributed by atoms with Crippen molar-refractivity contribution >= 4 is 34.6 Å². The molecule has 0 spiro atoms. The first-order chi connectivity index (χ1) is 12.5. The van der Waals surface area contributed by atoms with E-state index in [1.807, 2.05) is 25.1 Å². The molecule has 26 heavy (non-hydrogen) atoms. The van der Waals surface area contributed by atoms with Gasteiger partial charge in [0.1, 0.15) is 0 Å². The highest BCUT2D eigenvalue weighted by molar-refractivity contribution is 6.31. The lowest BCUT2D eigenvalue weighted by Crippen LogP contribution is -2.36. The second-order valence-corrected chi connectivity index (χ2v) is 7.95. The van der Waals surface area contributed by atoms with Crippen molar-refractivity contribution in [2.24, 2.45) is 0 Å². The Morgan fingerprint density at radius 2 is 2.08 bits per heavy atom. The summed E-state index contributed by atoms with van der Waals surface area (Å²) in [6.07, 6.45) is 2.31. The van der Waals surface area contributed by atoms with Crippen LogP contribution in [0.3, 0.4) is 0 Å². The number of hydrogen-bond donors (Lipinski definition) is 0. The van der Waals surface area contributed by atoms with Gasteiger partial charge in [-0.25, -0.2) is 0 Å². The zero-order chi connectivity index (χ0) is 18.3. The fraction of sp³-hybridized carbons (Fsp3) is 0.333. The number of aryl methyl sites for hydroxylation is 1. The fourth-order valence-corrected chi connectivity index (χ4v) is 4.21. The van der Waals surface area contributed by atoms with Gasteiger partial charge in [-0.1, -0.05) is 29.3 Å². The van der Waals surface area contributed by atoms with Gasteiger partial charge in [-0.05, 0) is 66.3 Å². The normalized spacial score (nSPS) is 16.6. The Morgan fingerprint density at radius 1 is 1.23 bits per heavy atom. The maximum atomic E-state index is 12.5.